The van der Waals surface area contributed by atoms with Gasteiger partial charge in [-0.3, -0.25) is 4.79 Å². The van der Waals surface area contributed by atoms with Crippen LogP contribution in [0.25, 0.3) is 0 Å². The number of ether oxygens (including phenoxy) is 1. The molecule has 1 saturated heterocycles. The Morgan fingerprint density at radius 3 is 2.00 bits per heavy atom. The molecule has 24 heavy (non-hydrogen) atoms. The predicted molar refractivity (Wildman–Crippen MR) is 92.2 cm³/mol. The molecule has 130 valence electrons. The zero-order valence-electron chi connectivity index (χ0n) is 15.0. The lowest BCUT2D eigenvalue weighted by Crippen LogP contribution is -2.41. The van der Waals surface area contributed by atoms with Crippen LogP contribution in [0.5, 0.6) is 0 Å². The summed E-state index contributed by atoms with van der Waals surface area (Å²) in [4.78, 5) is 23.9. The highest BCUT2D eigenvalue weighted by molar-refractivity contribution is 6.46. The second kappa shape index (κ2) is 7.07. The Balaban J connectivity index is 1.91. The zero-order chi connectivity index (χ0) is 18.0. The van der Waals surface area contributed by atoms with E-state index in [0.29, 0.717) is 30.5 Å². The summed E-state index contributed by atoms with van der Waals surface area (Å²) in [5.41, 5.74) is 0.239. The topological polar surface area (TPSA) is 61.8 Å². The number of carbonyl (C=O) groups is 2. The molecule has 1 fully saturated rings. The van der Waals surface area contributed by atoms with E-state index >= 15 is 0 Å². The third-order valence-corrected chi connectivity index (χ3v) is 4.63. The monoisotopic (exact) mass is 332 g/mol. The highest BCUT2D eigenvalue weighted by atomic mass is 16.7. The Bertz CT molecular complexity index is 590. The van der Waals surface area contributed by atoms with Gasteiger partial charge in [-0.15, -0.1) is 0 Å². The third-order valence-electron chi connectivity index (χ3n) is 4.63. The van der Waals surface area contributed by atoms with Crippen molar-refractivity contribution in [3.8, 4) is 0 Å². The van der Waals surface area contributed by atoms with Crippen molar-refractivity contribution in [3.63, 3.8) is 0 Å². The summed E-state index contributed by atoms with van der Waals surface area (Å²) in [5.74, 6) is -0.381. The van der Waals surface area contributed by atoms with E-state index in [0.717, 1.165) is 0 Å². The predicted octanol–water partition coefficient (Wildman–Crippen LogP) is 3.53. The van der Waals surface area contributed by atoms with E-state index in [1.807, 2.05) is 27.7 Å². The fourth-order valence-electron chi connectivity index (χ4n) is 2.48. The SMILES string of the molecule is CCOC(=O)c1ccc(C(=O)CCB2OC(C)(C)C(C)(C)O2)cc1. The van der Waals surface area contributed by atoms with Crippen LogP contribution in [0.4, 0.5) is 0 Å². The number of rotatable bonds is 6. The normalized spacial score (nSPS) is 18.5. The van der Waals surface area contributed by atoms with Crippen LogP contribution in [0.3, 0.4) is 0 Å². The van der Waals surface area contributed by atoms with Crippen LogP contribution in [0.1, 0.15) is 61.8 Å². The zero-order valence-corrected chi connectivity index (χ0v) is 15.0. The molecule has 0 amide bonds. The smallest absolute Gasteiger partial charge is 0.458 e. The van der Waals surface area contributed by atoms with Crippen molar-refractivity contribution < 1.29 is 23.6 Å². The van der Waals surface area contributed by atoms with E-state index in [2.05, 4.69) is 0 Å². The molecule has 5 nitrogen and oxygen atoms in total. The van der Waals surface area contributed by atoms with Gasteiger partial charge in [0.1, 0.15) is 0 Å². The maximum atomic E-state index is 12.3. The van der Waals surface area contributed by atoms with Crippen molar-refractivity contribution >= 4 is 18.9 Å². The first-order chi connectivity index (χ1) is 11.2. The van der Waals surface area contributed by atoms with Crippen LogP contribution in [0, 0.1) is 0 Å². The van der Waals surface area contributed by atoms with Gasteiger partial charge in [-0.2, -0.15) is 0 Å². The van der Waals surface area contributed by atoms with Crippen molar-refractivity contribution in [1.82, 2.24) is 0 Å². The van der Waals surface area contributed by atoms with Gasteiger partial charge in [0.05, 0.1) is 23.4 Å². The Morgan fingerprint density at radius 1 is 1.00 bits per heavy atom. The lowest BCUT2D eigenvalue weighted by atomic mass is 9.81. The van der Waals surface area contributed by atoms with Gasteiger partial charge in [-0.1, -0.05) is 12.1 Å². The fraction of sp³-hybridized carbons (Fsp3) is 0.556. The number of carbonyl (C=O) groups excluding carboxylic acids is 2. The van der Waals surface area contributed by atoms with Gasteiger partial charge in [0.25, 0.3) is 0 Å². The summed E-state index contributed by atoms with van der Waals surface area (Å²) in [6, 6.07) is 6.53. The first-order valence-electron chi connectivity index (χ1n) is 8.32. The molecule has 0 spiro atoms. The second-order valence-electron chi connectivity index (χ2n) is 6.95. The lowest BCUT2D eigenvalue weighted by molar-refractivity contribution is 0.00578. The molecule has 1 aliphatic heterocycles. The van der Waals surface area contributed by atoms with Gasteiger partial charge >= 0.3 is 13.1 Å². The number of ketones is 1. The molecule has 0 radical (unpaired) electrons. The molecular weight excluding hydrogens is 307 g/mol. The number of hydrogen-bond donors (Lipinski definition) is 0. The molecule has 0 bridgehead atoms. The van der Waals surface area contributed by atoms with Crippen molar-refractivity contribution in [3.05, 3.63) is 35.4 Å². The maximum Gasteiger partial charge on any atom is 0.458 e. The Kier molecular flexibility index (Phi) is 5.50. The lowest BCUT2D eigenvalue weighted by Gasteiger charge is -2.32. The van der Waals surface area contributed by atoms with E-state index in [1.165, 1.54) is 0 Å². The third kappa shape index (κ3) is 4.05. The number of hydrogen-bond acceptors (Lipinski definition) is 5. The van der Waals surface area contributed by atoms with Gasteiger partial charge in [0.2, 0.25) is 0 Å². The van der Waals surface area contributed by atoms with Gasteiger partial charge in [0, 0.05) is 12.0 Å². The minimum atomic E-state index is -0.387. The first-order valence-corrected chi connectivity index (χ1v) is 8.32. The number of esters is 1. The largest absolute Gasteiger partial charge is 0.462 e. The van der Waals surface area contributed by atoms with Gasteiger partial charge in [-0.05, 0) is 53.1 Å². The molecule has 0 N–H and O–H groups in total. The minimum Gasteiger partial charge on any atom is -0.462 e. The molecule has 2 rings (SSSR count). The van der Waals surface area contributed by atoms with E-state index in [-0.39, 0.29) is 30.1 Å². The Hall–Kier alpha value is -1.66. The summed E-state index contributed by atoms with van der Waals surface area (Å²) in [6.07, 6.45) is 0.834. The molecule has 0 aliphatic carbocycles. The second-order valence-corrected chi connectivity index (χ2v) is 6.95. The van der Waals surface area contributed by atoms with Gasteiger partial charge in [0.15, 0.2) is 5.78 Å². The van der Waals surface area contributed by atoms with Crippen LogP contribution in [0.15, 0.2) is 24.3 Å². The van der Waals surface area contributed by atoms with E-state index in [9.17, 15) is 9.59 Å². The summed E-state index contributed by atoms with van der Waals surface area (Å²) in [6.45, 7) is 10.0. The molecule has 0 saturated carbocycles. The van der Waals surface area contributed by atoms with Gasteiger partial charge < -0.3 is 14.0 Å². The Morgan fingerprint density at radius 2 is 1.50 bits per heavy atom. The Labute approximate surface area is 143 Å². The van der Waals surface area contributed by atoms with Gasteiger partial charge in [-0.25, -0.2) is 4.79 Å². The number of Topliss-reactive ketones (excluding diaryl/α,β-unsaturated/α-hetero) is 1. The van der Waals surface area contributed by atoms with E-state index < -0.39 is 0 Å². The highest BCUT2D eigenvalue weighted by Gasteiger charge is 2.50. The van der Waals surface area contributed by atoms with Crippen LogP contribution in [-0.4, -0.2) is 36.7 Å². The summed E-state index contributed by atoms with van der Waals surface area (Å²) in [5, 5.41) is 0. The molecule has 0 unspecified atom stereocenters. The number of benzene rings is 1. The summed E-state index contributed by atoms with van der Waals surface area (Å²) >= 11 is 0. The molecule has 0 atom stereocenters. The van der Waals surface area contributed by atoms with Crippen LogP contribution in [-0.2, 0) is 14.0 Å². The van der Waals surface area contributed by atoms with E-state index in [1.54, 1.807) is 31.2 Å². The van der Waals surface area contributed by atoms with E-state index in [4.69, 9.17) is 14.0 Å². The van der Waals surface area contributed by atoms with Crippen LogP contribution < -0.4 is 0 Å². The molecular formula is C18H25BO5. The molecule has 1 aromatic carbocycles. The summed E-state index contributed by atoms with van der Waals surface area (Å²) in [7, 11) is -0.377. The van der Waals surface area contributed by atoms with Crippen molar-refractivity contribution in [1.29, 1.82) is 0 Å². The summed E-state index contributed by atoms with van der Waals surface area (Å²) < 4.78 is 16.7. The molecule has 1 heterocycles. The average molecular weight is 332 g/mol. The molecule has 1 aliphatic rings. The van der Waals surface area contributed by atoms with Crippen molar-refractivity contribution in [2.75, 3.05) is 6.61 Å². The molecule has 6 heteroatoms. The van der Waals surface area contributed by atoms with Crippen LogP contribution in [0.2, 0.25) is 6.32 Å². The van der Waals surface area contributed by atoms with Crippen molar-refractivity contribution in [2.45, 2.75) is 58.6 Å². The average Bonchev–Trinajstić information content (AvgIpc) is 2.73. The fourth-order valence-corrected chi connectivity index (χ4v) is 2.48. The molecule has 0 aromatic heterocycles. The quantitative estimate of drug-likeness (QED) is 0.453. The first kappa shape index (κ1) is 18.7. The highest BCUT2D eigenvalue weighted by Crippen LogP contribution is 2.38. The maximum absolute atomic E-state index is 12.3. The van der Waals surface area contributed by atoms with Crippen molar-refractivity contribution in [2.24, 2.45) is 0 Å². The standard InChI is InChI=1S/C18H25BO5/c1-6-22-16(21)14-9-7-13(8-10-14)15(20)11-12-19-23-17(2,3)18(4,5)24-19/h7-10H,6,11-12H2,1-5H3. The molecule has 1 aromatic rings. The minimum absolute atomic E-state index is 0.000112. The van der Waals surface area contributed by atoms with Crippen LogP contribution >= 0.6 is 0 Å².